The highest BCUT2D eigenvalue weighted by Crippen LogP contribution is 2.28. The van der Waals surface area contributed by atoms with Crippen LogP contribution in [0.1, 0.15) is 59.3 Å². The Hall–Kier alpha value is -1.40. The number of ether oxygens (including phenoxy) is 3. The van der Waals surface area contributed by atoms with E-state index in [1.54, 1.807) is 14.0 Å². The number of nitrogens with one attached hydrogen (secondary N) is 1. The van der Waals surface area contributed by atoms with E-state index in [2.05, 4.69) is 18.8 Å². The number of hydrogen-bond acceptors (Lipinski definition) is 6. The van der Waals surface area contributed by atoms with Crippen LogP contribution in [0.4, 0.5) is 0 Å². The smallest absolute Gasteiger partial charge is 0.309 e. The fraction of sp³-hybridized carbons (Fsp3) is 0.818. The monoisotopic (exact) mass is 397 g/mol. The van der Waals surface area contributed by atoms with Crippen molar-refractivity contribution in [2.75, 3.05) is 33.5 Å². The van der Waals surface area contributed by atoms with Crippen molar-refractivity contribution in [1.82, 2.24) is 5.32 Å². The molecule has 0 bridgehead atoms. The van der Waals surface area contributed by atoms with Gasteiger partial charge in [-0.1, -0.05) is 20.4 Å². The molecule has 1 aliphatic rings. The number of ketones is 1. The lowest BCUT2D eigenvalue weighted by molar-refractivity contribution is -0.151. The second-order valence-electron chi connectivity index (χ2n) is 7.86. The van der Waals surface area contributed by atoms with Crippen LogP contribution >= 0.6 is 0 Å². The van der Waals surface area contributed by atoms with Gasteiger partial charge in [-0.05, 0) is 51.4 Å². The molecule has 0 aromatic rings. The molecule has 162 valence electrons. The highest BCUT2D eigenvalue weighted by molar-refractivity contribution is 5.79. The van der Waals surface area contributed by atoms with Gasteiger partial charge in [0.1, 0.15) is 12.4 Å². The van der Waals surface area contributed by atoms with E-state index in [1.807, 2.05) is 6.92 Å². The predicted molar refractivity (Wildman–Crippen MR) is 110 cm³/mol. The Morgan fingerprint density at radius 2 is 1.79 bits per heavy atom. The van der Waals surface area contributed by atoms with Crippen LogP contribution in [0.3, 0.4) is 0 Å². The average molecular weight is 398 g/mol. The summed E-state index contributed by atoms with van der Waals surface area (Å²) >= 11 is 0. The first kappa shape index (κ1) is 24.6. The Balaban J connectivity index is 2.57. The molecule has 1 saturated carbocycles. The van der Waals surface area contributed by atoms with Crippen molar-refractivity contribution in [1.29, 1.82) is 0 Å². The number of esters is 1. The minimum Gasteiger partial charge on any atom is -0.463 e. The number of carbonyl (C=O) groups is 2. The van der Waals surface area contributed by atoms with E-state index in [0.717, 1.165) is 12.1 Å². The summed E-state index contributed by atoms with van der Waals surface area (Å²) in [6.45, 7) is 11.4. The van der Waals surface area contributed by atoms with Crippen LogP contribution in [0.5, 0.6) is 0 Å². The van der Waals surface area contributed by atoms with Gasteiger partial charge in [-0.2, -0.15) is 0 Å². The molecule has 0 radical (unpaired) electrons. The van der Waals surface area contributed by atoms with E-state index >= 15 is 0 Å². The summed E-state index contributed by atoms with van der Waals surface area (Å²) < 4.78 is 15.7. The van der Waals surface area contributed by atoms with E-state index in [9.17, 15) is 9.59 Å². The molecular weight excluding hydrogens is 358 g/mol. The Bertz CT molecular complexity index is 489. The first-order valence-electron chi connectivity index (χ1n) is 10.6. The number of hydrogen-bond donors (Lipinski definition) is 1. The van der Waals surface area contributed by atoms with Crippen molar-refractivity contribution in [3.05, 3.63) is 12.3 Å². The van der Waals surface area contributed by atoms with E-state index in [4.69, 9.17) is 14.2 Å². The molecule has 0 heterocycles. The van der Waals surface area contributed by atoms with E-state index in [-0.39, 0.29) is 36.1 Å². The zero-order chi connectivity index (χ0) is 20.9. The first-order valence-corrected chi connectivity index (χ1v) is 10.6. The van der Waals surface area contributed by atoms with Crippen LogP contribution in [0, 0.1) is 17.8 Å². The van der Waals surface area contributed by atoms with Gasteiger partial charge in [0.2, 0.25) is 0 Å². The molecule has 0 saturated heterocycles. The van der Waals surface area contributed by atoms with Crippen molar-refractivity contribution in [2.24, 2.45) is 17.8 Å². The molecule has 1 aliphatic carbocycles. The van der Waals surface area contributed by atoms with Gasteiger partial charge in [0.25, 0.3) is 0 Å². The molecule has 1 N–H and O–H groups in total. The van der Waals surface area contributed by atoms with Crippen LogP contribution < -0.4 is 5.32 Å². The Labute approximate surface area is 170 Å². The summed E-state index contributed by atoms with van der Waals surface area (Å²) in [4.78, 5) is 24.6. The normalized spacial score (nSPS) is 17.3. The highest BCUT2D eigenvalue weighted by Gasteiger charge is 2.29. The quantitative estimate of drug-likeness (QED) is 0.317. The maximum absolute atomic E-state index is 12.7. The SMILES string of the molecule is C=C(NC1CCC1)C(C)CC(CC(CC)C(C)=O)C(=O)OCCOCCOC. The number of methoxy groups -OCH3 is 1. The third kappa shape index (κ3) is 9.20. The number of carbonyl (C=O) groups excluding carboxylic acids is 2. The lowest BCUT2D eigenvalue weighted by Gasteiger charge is -2.31. The van der Waals surface area contributed by atoms with E-state index in [0.29, 0.717) is 38.7 Å². The number of allylic oxidation sites excluding steroid dienone is 1. The summed E-state index contributed by atoms with van der Waals surface area (Å²) in [5, 5.41) is 3.48. The van der Waals surface area contributed by atoms with Crippen molar-refractivity contribution in [2.45, 2.75) is 65.3 Å². The summed E-state index contributed by atoms with van der Waals surface area (Å²) in [5.41, 5.74) is 0.973. The standard InChI is InChI=1S/C22H39NO5/c1-6-19(18(4)24)15-20(22(25)28-13-12-27-11-10-26-5)14-16(2)17(3)23-21-8-7-9-21/h16,19-21,23H,3,6-15H2,1-2,4-5H3. The van der Waals surface area contributed by atoms with Crippen LogP contribution in [-0.4, -0.2) is 51.3 Å². The molecule has 3 atom stereocenters. The molecular formula is C22H39NO5. The van der Waals surface area contributed by atoms with Crippen molar-refractivity contribution in [3.63, 3.8) is 0 Å². The molecule has 0 aromatic heterocycles. The Morgan fingerprint density at radius 3 is 2.32 bits per heavy atom. The Morgan fingerprint density at radius 1 is 1.11 bits per heavy atom. The van der Waals surface area contributed by atoms with Gasteiger partial charge < -0.3 is 19.5 Å². The molecule has 1 fully saturated rings. The van der Waals surface area contributed by atoms with Crippen LogP contribution in [-0.2, 0) is 23.8 Å². The fourth-order valence-corrected chi connectivity index (χ4v) is 3.34. The van der Waals surface area contributed by atoms with Crippen molar-refractivity contribution >= 4 is 11.8 Å². The maximum Gasteiger partial charge on any atom is 0.309 e. The fourth-order valence-electron chi connectivity index (χ4n) is 3.34. The van der Waals surface area contributed by atoms with Gasteiger partial charge in [0, 0.05) is 24.8 Å². The summed E-state index contributed by atoms with van der Waals surface area (Å²) in [7, 11) is 1.61. The van der Waals surface area contributed by atoms with Gasteiger partial charge in [-0.3, -0.25) is 9.59 Å². The van der Waals surface area contributed by atoms with Gasteiger partial charge >= 0.3 is 5.97 Å². The molecule has 6 nitrogen and oxygen atoms in total. The minimum atomic E-state index is -0.317. The topological polar surface area (TPSA) is 73.9 Å². The van der Waals surface area contributed by atoms with E-state index in [1.165, 1.54) is 19.3 Å². The molecule has 0 aromatic carbocycles. The largest absolute Gasteiger partial charge is 0.463 e. The molecule has 3 unspecified atom stereocenters. The Kier molecular flexibility index (Phi) is 12.1. The number of rotatable bonds is 16. The molecule has 0 aliphatic heterocycles. The van der Waals surface area contributed by atoms with Gasteiger partial charge in [0.15, 0.2) is 0 Å². The highest BCUT2D eigenvalue weighted by atomic mass is 16.6. The lowest BCUT2D eigenvalue weighted by Crippen LogP contribution is -2.36. The predicted octanol–water partition coefficient (Wildman–Crippen LogP) is 3.50. The summed E-state index contributed by atoms with van der Waals surface area (Å²) in [5.74, 6) is -0.417. The number of Topliss-reactive ketones (excluding diaryl/α,β-unsaturated/α-hetero) is 1. The van der Waals surface area contributed by atoms with Crippen LogP contribution in [0.2, 0.25) is 0 Å². The molecule has 0 amide bonds. The third-order valence-electron chi connectivity index (χ3n) is 5.60. The second-order valence-corrected chi connectivity index (χ2v) is 7.86. The molecule has 1 rings (SSSR count). The maximum atomic E-state index is 12.7. The lowest BCUT2D eigenvalue weighted by atomic mass is 9.83. The van der Waals surface area contributed by atoms with Crippen LogP contribution in [0.15, 0.2) is 12.3 Å². The van der Waals surface area contributed by atoms with E-state index < -0.39 is 0 Å². The molecule has 0 spiro atoms. The van der Waals surface area contributed by atoms with Gasteiger partial charge in [-0.15, -0.1) is 0 Å². The molecule has 28 heavy (non-hydrogen) atoms. The zero-order valence-corrected chi connectivity index (χ0v) is 18.1. The first-order chi connectivity index (χ1) is 13.4. The van der Waals surface area contributed by atoms with Crippen LogP contribution in [0.25, 0.3) is 0 Å². The second kappa shape index (κ2) is 13.7. The average Bonchev–Trinajstić information content (AvgIpc) is 2.63. The summed E-state index contributed by atoms with van der Waals surface area (Å²) in [6.07, 6.45) is 5.51. The molecule has 6 heteroatoms. The van der Waals surface area contributed by atoms with Gasteiger partial charge in [-0.25, -0.2) is 0 Å². The third-order valence-corrected chi connectivity index (χ3v) is 5.60. The minimum absolute atomic E-state index is 0.115. The van der Waals surface area contributed by atoms with Crippen molar-refractivity contribution in [3.8, 4) is 0 Å². The van der Waals surface area contributed by atoms with Crippen molar-refractivity contribution < 1.29 is 23.8 Å². The zero-order valence-electron chi connectivity index (χ0n) is 18.1. The van der Waals surface area contributed by atoms with Gasteiger partial charge in [0.05, 0.1) is 25.7 Å². The summed E-state index contributed by atoms with van der Waals surface area (Å²) in [6, 6.07) is 0.519.